The van der Waals surface area contributed by atoms with Gasteiger partial charge in [-0.3, -0.25) is 4.99 Å². The Morgan fingerprint density at radius 1 is 1.27 bits per heavy atom. The summed E-state index contributed by atoms with van der Waals surface area (Å²) in [6, 6.07) is 8.60. The quantitative estimate of drug-likeness (QED) is 0.406. The van der Waals surface area contributed by atoms with Crippen LogP contribution in [0.3, 0.4) is 0 Å². The lowest BCUT2D eigenvalue weighted by Gasteiger charge is -2.21. The number of ether oxygens (including phenoxy) is 1. The molecule has 0 saturated heterocycles. The van der Waals surface area contributed by atoms with Gasteiger partial charge in [0.25, 0.3) is 0 Å². The SMILES string of the molecule is CCNC(=NCC(C)(C)OC)NCCc1cccc(C)c1.I. The van der Waals surface area contributed by atoms with E-state index in [1.165, 1.54) is 11.1 Å². The second kappa shape index (κ2) is 10.8. The molecule has 0 atom stereocenters. The van der Waals surface area contributed by atoms with Crippen molar-refractivity contribution in [3.05, 3.63) is 35.4 Å². The number of halogens is 1. The monoisotopic (exact) mass is 419 g/mol. The van der Waals surface area contributed by atoms with E-state index < -0.39 is 0 Å². The van der Waals surface area contributed by atoms with Crippen LogP contribution < -0.4 is 10.6 Å². The number of hydrogen-bond donors (Lipinski definition) is 2. The van der Waals surface area contributed by atoms with E-state index in [1.807, 2.05) is 13.8 Å². The number of benzene rings is 1. The van der Waals surface area contributed by atoms with Crippen LogP contribution in [0, 0.1) is 6.92 Å². The molecule has 0 fully saturated rings. The average Bonchev–Trinajstić information content (AvgIpc) is 2.45. The average molecular weight is 419 g/mol. The van der Waals surface area contributed by atoms with Gasteiger partial charge in [0.2, 0.25) is 0 Å². The number of methoxy groups -OCH3 is 1. The van der Waals surface area contributed by atoms with E-state index in [0.29, 0.717) is 6.54 Å². The van der Waals surface area contributed by atoms with Crippen molar-refractivity contribution >= 4 is 29.9 Å². The van der Waals surface area contributed by atoms with Crippen molar-refractivity contribution < 1.29 is 4.74 Å². The second-order valence-corrected chi connectivity index (χ2v) is 5.82. The zero-order valence-electron chi connectivity index (χ0n) is 14.4. The molecule has 0 amide bonds. The maximum Gasteiger partial charge on any atom is 0.191 e. The molecule has 1 aromatic carbocycles. The van der Waals surface area contributed by atoms with Gasteiger partial charge in [0, 0.05) is 20.2 Å². The maximum absolute atomic E-state index is 5.39. The summed E-state index contributed by atoms with van der Waals surface area (Å²) in [4.78, 5) is 4.57. The molecule has 0 aromatic heterocycles. The van der Waals surface area contributed by atoms with Gasteiger partial charge in [-0.2, -0.15) is 0 Å². The Balaban J connectivity index is 0.00000441. The van der Waals surface area contributed by atoms with Crippen molar-refractivity contribution in [1.29, 1.82) is 0 Å². The molecule has 1 aromatic rings. The Morgan fingerprint density at radius 2 is 2.00 bits per heavy atom. The number of aliphatic imine (C=N–C) groups is 1. The smallest absolute Gasteiger partial charge is 0.191 e. The van der Waals surface area contributed by atoms with Gasteiger partial charge in [0.15, 0.2) is 5.96 Å². The Kier molecular flexibility index (Phi) is 10.4. The van der Waals surface area contributed by atoms with Gasteiger partial charge in [-0.25, -0.2) is 0 Å². The van der Waals surface area contributed by atoms with E-state index >= 15 is 0 Å². The van der Waals surface area contributed by atoms with E-state index in [1.54, 1.807) is 7.11 Å². The topological polar surface area (TPSA) is 45.7 Å². The van der Waals surface area contributed by atoms with Gasteiger partial charge in [-0.1, -0.05) is 29.8 Å². The molecule has 4 nitrogen and oxygen atoms in total. The first-order valence-electron chi connectivity index (χ1n) is 7.59. The molecule has 1 rings (SSSR count). The molecular weight excluding hydrogens is 389 g/mol. The number of nitrogens with one attached hydrogen (secondary N) is 2. The molecule has 2 N–H and O–H groups in total. The number of hydrogen-bond acceptors (Lipinski definition) is 2. The van der Waals surface area contributed by atoms with Gasteiger partial charge in [0.1, 0.15) is 0 Å². The highest BCUT2D eigenvalue weighted by atomic mass is 127. The number of rotatable bonds is 7. The van der Waals surface area contributed by atoms with Gasteiger partial charge >= 0.3 is 0 Å². The molecule has 0 aliphatic rings. The normalized spacial score (nSPS) is 11.8. The van der Waals surface area contributed by atoms with Crippen molar-refractivity contribution in [2.75, 3.05) is 26.7 Å². The van der Waals surface area contributed by atoms with Crippen molar-refractivity contribution in [3.63, 3.8) is 0 Å². The van der Waals surface area contributed by atoms with Crippen LogP contribution in [0.5, 0.6) is 0 Å². The number of guanidine groups is 1. The van der Waals surface area contributed by atoms with Crippen LogP contribution in [0.4, 0.5) is 0 Å². The lowest BCUT2D eigenvalue weighted by molar-refractivity contribution is 0.0310. The third kappa shape index (κ3) is 8.58. The van der Waals surface area contributed by atoms with Crippen molar-refractivity contribution in [3.8, 4) is 0 Å². The highest BCUT2D eigenvalue weighted by molar-refractivity contribution is 14.0. The van der Waals surface area contributed by atoms with E-state index in [-0.39, 0.29) is 29.6 Å². The first-order valence-corrected chi connectivity index (χ1v) is 7.59. The Labute approximate surface area is 152 Å². The van der Waals surface area contributed by atoms with Crippen LogP contribution in [0.15, 0.2) is 29.3 Å². The molecule has 126 valence electrons. The van der Waals surface area contributed by atoms with E-state index in [2.05, 4.69) is 53.7 Å². The minimum atomic E-state index is -0.237. The van der Waals surface area contributed by atoms with Crippen LogP contribution >= 0.6 is 24.0 Å². The fourth-order valence-corrected chi connectivity index (χ4v) is 1.87. The Bertz CT molecular complexity index is 461. The molecule has 0 unspecified atom stereocenters. The minimum Gasteiger partial charge on any atom is -0.377 e. The van der Waals surface area contributed by atoms with Crippen LogP contribution in [0.1, 0.15) is 31.9 Å². The zero-order valence-corrected chi connectivity index (χ0v) is 16.7. The molecule has 5 heteroatoms. The van der Waals surface area contributed by atoms with Crippen LogP contribution in [0.25, 0.3) is 0 Å². The summed E-state index contributed by atoms with van der Waals surface area (Å²) < 4.78 is 5.39. The van der Waals surface area contributed by atoms with Crippen LogP contribution in [-0.4, -0.2) is 38.3 Å². The first kappa shape index (κ1) is 21.2. The van der Waals surface area contributed by atoms with E-state index in [4.69, 9.17) is 4.74 Å². The summed E-state index contributed by atoms with van der Waals surface area (Å²) in [5.74, 6) is 0.843. The van der Waals surface area contributed by atoms with E-state index in [0.717, 1.165) is 25.5 Å². The summed E-state index contributed by atoms with van der Waals surface area (Å²) in [6.07, 6.45) is 0.986. The predicted octanol–water partition coefficient (Wildman–Crippen LogP) is 3.14. The van der Waals surface area contributed by atoms with Gasteiger partial charge in [-0.15, -0.1) is 24.0 Å². The largest absolute Gasteiger partial charge is 0.377 e. The molecule has 0 aliphatic carbocycles. The standard InChI is InChI=1S/C17H29N3O.HI/c1-6-18-16(20-13-17(3,4)21-5)19-11-10-15-9-7-8-14(2)12-15;/h7-9,12H,6,10-11,13H2,1-5H3,(H2,18,19,20);1H. The van der Waals surface area contributed by atoms with Crippen molar-refractivity contribution in [2.24, 2.45) is 4.99 Å². The molecule has 22 heavy (non-hydrogen) atoms. The predicted molar refractivity (Wildman–Crippen MR) is 105 cm³/mol. The molecule has 0 radical (unpaired) electrons. The highest BCUT2D eigenvalue weighted by Gasteiger charge is 2.15. The summed E-state index contributed by atoms with van der Waals surface area (Å²) in [7, 11) is 1.72. The van der Waals surface area contributed by atoms with Gasteiger partial charge in [0.05, 0.1) is 12.1 Å². The molecule has 0 spiro atoms. The maximum atomic E-state index is 5.39. The first-order chi connectivity index (χ1) is 9.96. The number of nitrogens with zero attached hydrogens (tertiary/aromatic N) is 1. The summed E-state index contributed by atoms with van der Waals surface area (Å²) in [5, 5.41) is 6.63. The Hall–Kier alpha value is -0.820. The fourth-order valence-electron chi connectivity index (χ4n) is 1.87. The van der Waals surface area contributed by atoms with Crippen molar-refractivity contribution in [2.45, 2.75) is 39.7 Å². The lowest BCUT2D eigenvalue weighted by Crippen LogP contribution is -2.40. The van der Waals surface area contributed by atoms with E-state index in [9.17, 15) is 0 Å². The number of aryl methyl sites for hydroxylation is 1. The third-order valence-electron chi connectivity index (χ3n) is 3.30. The fraction of sp³-hybridized carbons (Fsp3) is 0.588. The summed E-state index contributed by atoms with van der Waals surface area (Å²) in [5.41, 5.74) is 2.41. The third-order valence-corrected chi connectivity index (χ3v) is 3.30. The highest BCUT2D eigenvalue weighted by Crippen LogP contribution is 2.07. The zero-order chi connectivity index (χ0) is 15.7. The van der Waals surface area contributed by atoms with Gasteiger partial charge in [-0.05, 0) is 39.7 Å². The van der Waals surface area contributed by atoms with Crippen LogP contribution in [0.2, 0.25) is 0 Å². The van der Waals surface area contributed by atoms with Gasteiger partial charge < -0.3 is 15.4 Å². The summed E-state index contributed by atoms with van der Waals surface area (Å²) in [6.45, 7) is 10.6. The Morgan fingerprint density at radius 3 is 2.59 bits per heavy atom. The van der Waals surface area contributed by atoms with Crippen molar-refractivity contribution in [1.82, 2.24) is 10.6 Å². The minimum absolute atomic E-state index is 0. The second-order valence-electron chi connectivity index (χ2n) is 5.82. The molecule has 0 saturated carbocycles. The lowest BCUT2D eigenvalue weighted by atomic mass is 10.1. The molecule has 0 bridgehead atoms. The molecular formula is C17H30IN3O. The summed E-state index contributed by atoms with van der Waals surface area (Å²) >= 11 is 0. The molecule has 0 heterocycles. The van der Waals surface area contributed by atoms with Crippen LogP contribution in [-0.2, 0) is 11.2 Å². The molecule has 0 aliphatic heterocycles.